The van der Waals surface area contributed by atoms with Crippen LogP contribution in [0.25, 0.3) is 0 Å². The van der Waals surface area contributed by atoms with Crippen molar-refractivity contribution in [3.05, 3.63) is 34.4 Å². The highest BCUT2D eigenvalue weighted by molar-refractivity contribution is 6.33. The topological polar surface area (TPSA) is 64.6 Å². The number of rotatable bonds is 5. The fourth-order valence-electron chi connectivity index (χ4n) is 1.97. The van der Waals surface area contributed by atoms with Crippen molar-refractivity contribution in [2.24, 2.45) is 0 Å². The lowest BCUT2D eigenvalue weighted by atomic mass is 10.2. The molecule has 0 radical (unpaired) electrons. The molecule has 0 saturated carbocycles. The van der Waals surface area contributed by atoms with Gasteiger partial charge in [-0.05, 0) is 25.0 Å². The summed E-state index contributed by atoms with van der Waals surface area (Å²) in [4.78, 5) is 23.2. The predicted octanol–water partition coefficient (Wildman–Crippen LogP) is 2.07. The van der Waals surface area contributed by atoms with Crippen molar-refractivity contribution in [3.63, 3.8) is 0 Å². The fourth-order valence-corrected chi connectivity index (χ4v) is 2.20. The Hall–Kier alpha value is -1.73. The number of nitrogens with one attached hydrogen (secondary N) is 1. The smallest absolute Gasteiger partial charge is 0.340 e. The van der Waals surface area contributed by atoms with Crippen LogP contribution in [0, 0.1) is 11.6 Å². The molecule has 1 amide bonds. The summed E-state index contributed by atoms with van der Waals surface area (Å²) in [5.74, 6) is -3.91. The first-order valence-corrected chi connectivity index (χ1v) is 7.05. The van der Waals surface area contributed by atoms with Crippen LogP contribution in [-0.2, 0) is 14.3 Å². The first-order valence-electron chi connectivity index (χ1n) is 6.67. The van der Waals surface area contributed by atoms with Crippen LogP contribution in [0.2, 0.25) is 5.02 Å². The van der Waals surface area contributed by atoms with E-state index in [4.69, 9.17) is 21.1 Å². The molecule has 5 nitrogen and oxygen atoms in total. The van der Waals surface area contributed by atoms with Gasteiger partial charge in [-0.15, -0.1) is 0 Å². The van der Waals surface area contributed by atoms with E-state index in [1.807, 2.05) is 0 Å². The van der Waals surface area contributed by atoms with Crippen LogP contribution >= 0.6 is 11.6 Å². The minimum Gasteiger partial charge on any atom is -0.452 e. The van der Waals surface area contributed by atoms with E-state index in [0.29, 0.717) is 25.3 Å². The van der Waals surface area contributed by atoms with Gasteiger partial charge in [0.1, 0.15) is 0 Å². The predicted molar refractivity (Wildman–Crippen MR) is 73.6 cm³/mol. The number of carbonyl (C=O) groups excluding carboxylic acids is 2. The Labute approximate surface area is 130 Å². The highest BCUT2D eigenvalue weighted by Crippen LogP contribution is 2.20. The lowest BCUT2D eigenvalue weighted by molar-refractivity contribution is -0.124. The minimum absolute atomic E-state index is 0.0275. The lowest BCUT2D eigenvalue weighted by Gasteiger charge is -2.11. The van der Waals surface area contributed by atoms with Gasteiger partial charge in [-0.3, -0.25) is 4.79 Å². The van der Waals surface area contributed by atoms with Crippen molar-refractivity contribution < 1.29 is 27.8 Å². The summed E-state index contributed by atoms with van der Waals surface area (Å²) in [6.07, 6.45) is 1.79. The molecule has 22 heavy (non-hydrogen) atoms. The van der Waals surface area contributed by atoms with Crippen LogP contribution in [0.4, 0.5) is 8.78 Å². The first kappa shape index (κ1) is 16.6. The number of esters is 1. The van der Waals surface area contributed by atoms with E-state index in [2.05, 4.69) is 5.32 Å². The van der Waals surface area contributed by atoms with Crippen molar-refractivity contribution in [1.82, 2.24) is 5.32 Å². The number of amides is 1. The van der Waals surface area contributed by atoms with E-state index in [-0.39, 0.29) is 16.7 Å². The zero-order chi connectivity index (χ0) is 16.1. The molecule has 1 N–H and O–H groups in total. The highest BCUT2D eigenvalue weighted by atomic mass is 35.5. The van der Waals surface area contributed by atoms with Crippen LogP contribution < -0.4 is 5.32 Å². The van der Waals surface area contributed by atoms with Gasteiger partial charge in [0.2, 0.25) is 0 Å². The summed E-state index contributed by atoms with van der Waals surface area (Å²) in [6, 6.07) is 1.30. The second-order valence-corrected chi connectivity index (χ2v) is 5.17. The standard InChI is InChI=1S/C14H14ClF2NO4/c15-10-5-12(17)11(16)4-9(10)14(20)22-7-13(19)18-6-8-2-1-3-21-8/h4-5,8H,1-3,6-7H2,(H,18,19)/t8-/m0/s1. The van der Waals surface area contributed by atoms with Crippen molar-refractivity contribution >= 4 is 23.5 Å². The Morgan fingerprint density at radius 2 is 2.09 bits per heavy atom. The molecule has 0 aliphatic carbocycles. The number of benzene rings is 1. The van der Waals surface area contributed by atoms with Crippen LogP contribution in [0.1, 0.15) is 23.2 Å². The third-order valence-corrected chi connectivity index (χ3v) is 3.43. The molecule has 0 aromatic heterocycles. The highest BCUT2D eigenvalue weighted by Gasteiger charge is 2.19. The Balaban J connectivity index is 1.81. The zero-order valence-corrected chi connectivity index (χ0v) is 12.3. The first-order chi connectivity index (χ1) is 10.5. The maximum atomic E-state index is 13.1. The van der Waals surface area contributed by atoms with Crippen LogP contribution in [0.5, 0.6) is 0 Å². The molecule has 2 rings (SSSR count). The van der Waals surface area contributed by atoms with Gasteiger partial charge < -0.3 is 14.8 Å². The number of carbonyl (C=O) groups is 2. The zero-order valence-electron chi connectivity index (χ0n) is 11.5. The summed E-state index contributed by atoms with van der Waals surface area (Å²) < 4.78 is 36.0. The monoisotopic (exact) mass is 333 g/mol. The number of hydrogen-bond acceptors (Lipinski definition) is 4. The van der Waals surface area contributed by atoms with Crippen molar-refractivity contribution in [3.8, 4) is 0 Å². The van der Waals surface area contributed by atoms with Gasteiger partial charge in [0, 0.05) is 13.2 Å². The molecule has 1 fully saturated rings. The normalized spacial score (nSPS) is 17.3. The summed E-state index contributed by atoms with van der Waals surface area (Å²) in [6.45, 7) is 0.466. The number of ether oxygens (including phenoxy) is 2. The molecular weight excluding hydrogens is 320 g/mol. The summed E-state index contributed by atoms with van der Waals surface area (Å²) >= 11 is 5.63. The van der Waals surface area contributed by atoms with Crippen LogP contribution in [0.15, 0.2) is 12.1 Å². The van der Waals surface area contributed by atoms with Crippen LogP contribution in [-0.4, -0.2) is 37.7 Å². The van der Waals surface area contributed by atoms with E-state index in [9.17, 15) is 18.4 Å². The van der Waals surface area contributed by atoms with E-state index in [1.54, 1.807) is 0 Å². The molecule has 1 aliphatic rings. The SMILES string of the molecule is O=C(COC(=O)c1cc(F)c(F)cc1Cl)NC[C@@H]1CCCO1. The maximum absolute atomic E-state index is 13.1. The van der Waals surface area contributed by atoms with Gasteiger partial charge in [-0.25, -0.2) is 13.6 Å². The molecule has 1 aromatic rings. The Bertz CT molecular complexity index is 576. The van der Waals surface area contributed by atoms with Crippen molar-refractivity contribution in [2.75, 3.05) is 19.8 Å². The van der Waals surface area contributed by atoms with Gasteiger partial charge in [-0.2, -0.15) is 0 Å². The maximum Gasteiger partial charge on any atom is 0.340 e. The van der Waals surface area contributed by atoms with E-state index in [1.165, 1.54) is 0 Å². The fraction of sp³-hybridized carbons (Fsp3) is 0.429. The Kier molecular flexibility index (Phi) is 5.68. The largest absolute Gasteiger partial charge is 0.452 e. The van der Waals surface area contributed by atoms with Gasteiger partial charge in [0.15, 0.2) is 18.2 Å². The average Bonchev–Trinajstić information content (AvgIpc) is 2.99. The molecule has 1 aliphatic heterocycles. The van der Waals surface area contributed by atoms with Crippen LogP contribution in [0.3, 0.4) is 0 Å². The molecule has 0 unspecified atom stereocenters. The molecular formula is C14H14ClF2NO4. The Morgan fingerprint density at radius 1 is 1.36 bits per heavy atom. The lowest BCUT2D eigenvalue weighted by Crippen LogP contribution is -2.34. The molecule has 1 aromatic carbocycles. The minimum atomic E-state index is -1.22. The third kappa shape index (κ3) is 4.38. The van der Waals surface area contributed by atoms with Gasteiger partial charge >= 0.3 is 5.97 Å². The van der Waals surface area contributed by atoms with Crippen molar-refractivity contribution in [2.45, 2.75) is 18.9 Å². The molecule has 1 atom stereocenters. The second kappa shape index (κ2) is 7.51. The second-order valence-electron chi connectivity index (χ2n) is 4.76. The molecule has 8 heteroatoms. The Morgan fingerprint density at radius 3 is 2.77 bits per heavy atom. The summed E-state index contributed by atoms with van der Waals surface area (Å²) in [5.41, 5.74) is -0.340. The van der Waals surface area contributed by atoms with E-state index in [0.717, 1.165) is 12.8 Å². The molecule has 120 valence electrons. The molecule has 1 heterocycles. The quantitative estimate of drug-likeness (QED) is 0.662. The van der Waals surface area contributed by atoms with E-state index >= 15 is 0 Å². The number of halogens is 3. The summed E-state index contributed by atoms with van der Waals surface area (Å²) in [5, 5.41) is 2.27. The molecule has 0 spiro atoms. The average molecular weight is 334 g/mol. The summed E-state index contributed by atoms with van der Waals surface area (Å²) in [7, 11) is 0. The molecule has 1 saturated heterocycles. The van der Waals surface area contributed by atoms with Gasteiger partial charge in [0.05, 0.1) is 16.7 Å². The molecule has 0 bridgehead atoms. The van der Waals surface area contributed by atoms with Gasteiger partial charge in [0.25, 0.3) is 5.91 Å². The van der Waals surface area contributed by atoms with Gasteiger partial charge in [-0.1, -0.05) is 11.6 Å². The number of hydrogen-bond donors (Lipinski definition) is 1. The van der Waals surface area contributed by atoms with Crippen molar-refractivity contribution in [1.29, 1.82) is 0 Å². The van der Waals surface area contributed by atoms with E-state index < -0.39 is 30.1 Å². The third-order valence-electron chi connectivity index (χ3n) is 3.12.